The Kier molecular flexibility index (Phi) is 7.77. The third-order valence-corrected chi connectivity index (χ3v) is 5.78. The number of hydrogen-bond acceptors (Lipinski definition) is 7. The quantitative estimate of drug-likeness (QED) is 0.466. The maximum atomic E-state index is 13.6. The number of hydrogen-bond donors (Lipinski definition) is 2. The fourth-order valence-electron chi connectivity index (χ4n) is 3.69. The number of methoxy groups -OCH3 is 1. The number of halogens is 2. The minimum atomic E-state index is -0.547. The summed E-state index contributed by atoms with van der Waals surface area (Å²) in [5.41, 5.74) is 2.16. The van der Waals surface area contributed by atoms with Crippen molar-refractivity contribution in [1.82, 2.24) is 9.88 Å². The van der Waals surface area contributed by atoms with Gasteiger partial charge in [0.25, 0.3) is 0 Å². The van der Waals surface area contributed by atoms with Gasteiger partial charge < -0.3 is 20.1 Å². The molecule has 10 heteroatoms. The van der Waals surface area contributed by atoms with Crippen LogP contribution in [0.2, 0.25) is 5.02 Å². The highest BCUT2D eigenvalue weighted by molar-refractivity contribution is 6.31. The molecule has 2 N–H and O–H groups in total. The third kappa shape index (κ3) is 5.87. The lowest BCUT2D eigenvalue weighted by atomic mass is 10.1. The highest BCUT2D eigenvalue weighted by atomic mass is 35.5. The first-order chi connectivity index (χ1) is 17.0. The number of aromatic nitrogens is 1. The van der Waals surface area contributed by atoms with Gasteiger partial charge in [0.15, 0.2) is 0 Å². The van der Waals surface area contributed by atoms with Gasteiger partial charge in [0.1, 0.15) is 17.6 Å². The number of nitriles is 1. The highest BCUT2D eigenvalue weighted by Crippen LogP contribution is 2.36. The summed E-state index contributed by atoms with van der Waals surface area (Å²) in [7, 11) is 1.49. The predicted molar refractivity (Wildman–Crippen MR) is 133 cm³/mol. The van der Waals surface area contributed by atoms with Crippen molar-refractivity contribution in [1.29, 1.82) is 5.26 Å². The van der Waals surface area contributed by atoms with E-state index in [1.807, 2.05) is 0 Å². The average Bonchev–Trinajstić information content (AvgIpc) is 2.87. The van der Waals surface area contributed by atoms with Crippen LogP contribution in [0.15, 0.2) is 48.7 Å². The molecule has 4 rings (SSSR count). The number of fused-ring (bicyclic) bond motifs is 1. The van der Waals surface area contributed by atoms with Crippen LogP contribution >= 0.6 is 11.6 Å². The van der Waals surface area contributed by atoms with Crippen LogP contribution in [-0.2, 0) is 9.53 Å². The van der Waals surface area contributed by atoms with Gasteiger partial charge in [-0.2, -0.15) is 5.26 Å². The summed E-state index contributed by atoms with van der Waals surface area (Å²) in [6, 6.07) is 9.64. The van der Waals surface area contributed by atoms with Crippen molar-refractivity contribution in [3.63, 3.8) is 0 Å². The topological polar surface area (TPSA) is 99.5 Å². The van der Waals surface area contributed by atoms with Gasteiger partial charge in [-0.25, -0.2) is 4.39 Å². The van der Waals surface area contributed by atoms with E-state index in [9.17, 15) is 14.4 Å². The van der Waals surface area contributed by atoms with E-state index in [0.717, 1.165) is 13.1 Å². The lowest BCUT2D eigenvalue weighted by Crippen LogP contribution is -2.36. The van der Waals surface area contributed by atoms with Gasteiger partial charge in [-0.15, -0.1) is 0 Å². The Balaban J connectivity index is 1.63. The molecule has 1 fully saturated rings. The van der Waals surface area contributed by atoms with Crippen LogP contribution in [0.4, 0.5) is 21.5 Å². The fourth-order valence-corrected chi connectivity index (χ4v) is 3.87. The number of amides is 1. The van der Waals surface area contributed by atoms with Crippen molar-refractivity contribution in [2.24, 2.45) is 0 Å². The lowest BCUT2D eigenvalue weighted by Gasteiger charge is -2.25. The van der Waals surface area contributed by atoms with Gasteiger partial charge in [-0.3, -0.25) is 14.7 Å². The zero-order valence-electron chi connectivity index (χ0n) is 19.0. The molecule has 0 aliphatic carbocycles. The first-order valence-corrected chi connectivity index (χ1v) is 11.3. The minimum Gasteiger partial charge on any atom is -0.494 e. The first kappa shape index (κ1) is 24.4. The number of anilines is 3. The number of rotatable bonds is 7. The van der Waals surface area contributed by atoms with Gasteiger partial charge >= 0.3 is 0 Å². The molecular weight excluding hydrogens is 473 g/mol. The van der Waals surface area contributed by atoms with E-state index >= 15 is 0 Å². The second-order valence-corrected chi connectivity index (χ2v) is 8.19. The van der Waals surface area contributed by atoms with Crippen molar-refractivity contribution in [3.8, 4) is 11.8 Å². The summed E-state index contributed by atoms with van der Waals surface area (Å²) in [6.45, 7) is 3.68. The number of ether oxygens (including phenoxy) is 2. The van der Waals surface area contributed by atoms with Gasteiger partial charge in [0, 0.05) is 49.0 Å². The summed E-state index contributed by atoms with van der Waals surface area (Å²) >= 11 is 5.91. The second-order valence-electron chi connectivity index (χ2n) is 7.79. The Morgan fingerprint density at radius 2 is 2.14 bits per heavy atom. The number of morpholine rings is 1. The smallest absolute Gasteiger partial charge is 0.248 e. The molecule has 1 saturated heterocycles. The largest absolute Gasteiger partial charge is 0.494 e. The van der Waals surface area contributed by atoms with Crippen molar-refractivity contribution in [2.75, 3.05) is 50.6 Å². The molecule has 8 nitrogen and oxygen atoms in total. The van der Waals surface area contributed by atoms with Crippen LogP contribution in [0.3, 0.4) is 0 Å². The van der Waals surface area contributed by atoms with E-state index in [1.54, 1.807) is 18.2 Å². The zero-order chi connectivity index (χ0) is 24.8. The molecule has 0 radical (unpaired) electrons. The molecular formula is C25H23ClFN5O3. The van der Waals surface area contributed by atoms with Gasteiger partial charge in [-0.1, -0.05) is 17.7 Å². The third-order valence-electron chi connectivity index (χ3n) is 5.49. The molecule has 2 heterocycles. The molecule has 1 aliphatic heterocycles. The Bertz CT molecular complexity index is 1320. The number of nitrogens with zero attached hydrogens (tertiary/aromatic N) is 3. The number of benzene rings is 2. The van der Waals surface area contributed by atoms with E-state index < -0.39 is 5.82 Å². The molecule has 0 atom stereocenters. The Hall–Kier alpha value is -3.71. The Morgan fingerprint density at radius 3 is 2.86 bits per heavy atom. The van der Waals surface area contributed by atoms with Gasteiger partial charge in [0.05, 0.1) is 47.8 Å². The molecule has 2 aromatic carbocycles. The number of carbonyl (C=O) groups is 1. The summed E-state index contributed by atoms with van der Waals surface area (Å²) in [5.74, 6) is -0.450. The Labute approximate surface area is 206 Å². The van der Waals surface area contributed by atoms with Crippen molar-refractivity contribution in [3.05, 3.63) is 65.1 Å². The molecule has 35 heavy (non-hydrogen) atoms. The van der Waals surface area contributed by atoms with E-state index in [-0.39, 0.29) is 16.5 Å². The van der Waals surface area contributed by atoms with Crippen molar-refractivity contribution >= 4 is 45.5 Å². The second kappa shape index (κ2) is 11.1. The standard InChI is InChI=1S/C25H23ClFN5O3/c1-34-23-13-21-18(12-22(23)31-24(33)3-2-6-32-7-9-35-10-8-32)25(16(14-28)15-29-21)30-17-4-5-20(27)19(26)11-17/h2-5,11-13,15H,6-10H2,1H3,(H,29,30)(H,31,33). The van der Waals surface area contributed by atoms with E-state index in [4.69, 9.17) is 21.1 Å². The molecule has 0 bridgehead atoms. The van der Waals surface area contributed by atoms with Gasteiger partial charge in [0.2, 0.25) is 5.91 Å². The molecule has 3 aromatic rings. The van der Waals surface area contributed by atoms with E-state index in [1.165, 1.54) is 37.6 Å². The Morgan fingerprint density at radius 1 is 1.34 bits per heavy atom. The maximum absolute atomic E-state index is 13.6. The maximum Gasteiger partial charge on any atom is 0.248 e. The number of nitrogens with one attached hydrogen (secondary N) is 2. The molecule has 0 unspecified atom stereocenters. The highest BCUT2D eigenvalue weighted by Gasteiger charge is 2.15. The van der Waals surface area contributed by atoms with Crippen LogP contribution in [0.1, 0.15) is 5.56 Å². The molecule has 180 valence electrons. The van der Waals surface area contributed by atoms with E-state index in [2.05, 4.69) is 26.6 Å². The van der Waals surface area contributed by atoms with Crippen LogP contribution in [0.5, 0.6) is 5.75 Å². The fraction of sp³-hybridized carbons (Fsp3) is 0.240. The first-order valence-electron chi connectivity index (χ1n) is 10.9. The van der Waals surface area contributed by atoms with Crippen LogP contribution < -0.4 is 15.4 Å². The molecule has 1 aromatic heterocycles. The van der Waals surface area contributed by atoms with Crippen LogP contribution in [0, 0.1) is 17.1 Å². The van der Waals surface area contributed by atoms with Gasteiger partial charge in [-0.05, 0) is 24.3 Å². The monoisotopic (exact) mass is 495 g/mol. The van der Waals surface area contributed by atoms with Crippen molar-refractivity contribution < 1.29 is 18.7 Å². The van der Waals surface area contributed by atoms with Crippen molar-refractivity contribution in [2.45, 2.75) is 0 Å². The predicted octanol–water partition coefficient (Wildman–Crippen LogP) is 4.48. The molecule has 1 aliphatic rings. The number of pyridine rings is 1. The van der Waals surface area contributed by atoms with Crippen LogP contribution in [-0.4, -0.2) is 55.7 Å². The molecule has 1 amide bonds. The average molecular weight is 496 g/mol. The number of carbonyl (C=O) groups excluding carboxylic acids is 1. The van der Waals surface area contributed by atoms with Crippen LogP contribution in [0.25, 0.3) is 10.9 Å². The normalized spacial score (nSPS) is 14.1. The lowest BCUT2D eigenvalue weighted by molar-refractivity contribution is -0.111. The molecule has 0 spiro atoms. The van der Waals surface area contributed by atoms with E-state index in [0.29, 0.717) is 53.5 Å². The summed E-state index contributed by atoms with van der Waals surface area (Å²) in [6.07, 6.45) is 4.71. The summed E-state index contributed by atoms with van der Waals surface area (Å²) < 4.78 is 24.4. The summed E-state index contributed by atoms with van der Waals surface area (Å²) in [4.78, 5) is 19.1. The minimum absolute atomic E-state index is 0.0506. The SMILES string of the molecule is COc1cc2ncc(C#N)c(Nc3ccc(F)c(Cl)c3)c2cc1NC(=O)C=CCN1CCOCC1. The summed E-state index contributed by atoms with van der Waals surface area (Å²) in [5, 5.41) is 16.1. The zero-order valence-corrected chi connectivity index (χ0v) is 19.7. The molecule has 0 saturated carbocycles.